The largest absolute Gasteiger partial charge is 0.281 e. The van der Waals surface area contributed by atoms with Crippen molar-refractivity contribution >= 4 is 53.9 Å². The van der Waals surface area contributed by atoms with Gasteiger partial charge in [-0.2, -0.15) is 0 Å². The lowest BCUT2D eigenvalue weighted by atomic mass is 10.3. The summed E-state index contributed by atoms with van der Waals surface area (Å²) in [5.74, 6) is 0. The number of hydrogen-bond acceptors (Lipinski definition) is 3. The van der Waals surface area contributed by atoms with Crippen LogP contribution in [0.5, 0.6) is 0 Å². The third-order valence-electron chi connectivity index (χ3n) is 1.41. The zero-order valence-electron chi connectivity index (χ0n) is 6.72. The summed E-state index contributed by atoms with van der Waals surface area (Å²) in [5.41, 5.74) is -0.795. The molecule has 0 saturated heterocycles. The topological polar surface area (TPSA) is 47.0 Å². The number of pyridine rings is 1. The van der Waals surface area contributed by atoms with Gasteiger partial charge in [0.1, 0.15) is 10.6 Å². The predicted octanol–water partition coefficient (Wildman–Crippen LogP) is 3.20. The zero-order chi connectivity index (χ0) is 11.8. The highest BCUT2D eigenvalue weighted by atomic mass is 127. The van der Waals surface area contributed by atoms with E-state index in [9.17, 15) is 17.2 Å². The van der Waals surface area contributed by atoms with Gasteiger partial charge >= 0.3 is 0 Å². The van der Waals surface area contributed by atoms with Crippen LogP contribution in [0.1, 0.15) is 12.1 Å². The molecule has 0 radical (unpaired) electrons. The van der Waals surface area contributed by atoms with Gasteiger partial charge in [0.15, 0.2) is 0 Å². The molecule has 0 atom stereocenters. The molecule has 9 heteroatoms. The highest BCUT2D eigenvalue weighted by molar-refractivity contribution is 14.1. The van der Waals surface area contributed by atoms with Crippen molar-refractivity contribution in [1.82, 2.24) is 4.98 Å². The molecule has 0 aliphatic carbocycles. The summed E-state index contributed by atoms with van der Waals surface area (Å²) in [4.78, 5) is 2.81. The molecule has 1 rings (SSSR count). The first-order valence-corrected chi connectivity index (χ1v) is 7.08. The van der Waals surface area contributed by atoms with Crippen LogP contribution in [-0.4, -0.2) is 13.4 Å². The van der Waals surface area contributed by atoms with E-state index in [-0.39, 0.29) is 3.57 Å². The van der Waals surface area contributed by atoms with Gasteiger partial charge in [-0.1, -0.05) is 11.6 Å². The molecule has 1 aromatic rings. The van der Waals surface area contributed by atoms with Crippen molar-refractivity contribution in [2.45, 2.75) is 11.3 Å². The van der Waals surface area contributed by atoms with E-state index in [0.717, 1.165) is 6.20 Å². The Bertz CT molecular complexity index is 494. The van der Waals surface area contributed by atoms with E-state index in [1.807, 2.05) is 0 Å². The lowest BCUT2D eigenvalue weighted by molar-refractivity contribution is 0.146. The Morgan fingerprint density at radius 1 is 1.47 bits per heavy atom. The second-order valence-corrected chi connectivity index (χ2v) is 6.42. The van der Waals surface area contributed by atoms with Crippen LogP contribution in [0, 0.1) is 3.57 Å². The molecule has 1 heterocycles. The highest BCUT2D eigenvalue weighted by Gasteiger charge is 2.25. The average Bonchev–Trinajstić information content (AvgIpc) is 2.00. The van der Waals surface area contributed by atoms with Crippen LogP contribution in [0.3, 0.4) is 0 Å². The predicted molar refractivity (Wildman–Crippen MR) is 60.0 cm³/mol. The van der Waals surface area contributed by atoms with Gasteiger partial charge in [-0.05, 0) is 22.6 Å². The summed E-state index contributed by atoms with van der Waals surface area (Å²) in [6.45, 7) is 0. The molecule has 0 saturated carbocycles. The van der Waals surface area contributed by atoms with Crippen molar-refractivity contribution in [1.29, 1.82) is 0 Å². The number of alkyl halides is 2. The molecule has 0 spiro atoms. The van der Waals surface area contributed by atoms with Gasteiger partial charge in [-0.3, -0.25) is 4.98 Å². The Morgan fingerprint density at radius 2 is 2.00 bits per heavy atom. The average molecular weight is 388 g/mol. The summed E-state index contributed by atoms with van der Waals surface area (Å²) in [6, 6.07) is 0. The Kier molecular flexibility index (Phi) is 4.13. The van der Waals surface area contributed by atoms with Gasteiger partial charge in [0, 0.05) is 16.9 Å². The summed E-state index contributed by atoms with van der Waals surface area (Å²) < 4.78 is 46.9. The molecule has 3 nitrogen and oxygen atoms in total. The maximum Gasteiger partial charge on any atom is 0.281 e. The lowest BCUT2D eigenvalue weighted by Gasteiger charge is -2.07. The van der Waals surface area contributed by atoms with Crippen LogP contribution in [0.4, 0.5) is 8.78 Å². The minimum atomic E-state index is -4.16. The van der Waals surface area contributed by atoms with Gasteiger partial charge in [0.2, 0.25) is 0 Å². The van der Waals surface area contributed by atoms with Crippen LogP contribution in [0.25, 0.3) is 0 Å². The quantitative estimate of drug-likeness (QED) is 0.578. The van der Waals surface area contributed by atoms with Crippen LogP contribution < -0.4 is 0 Å². The van der Waals surface area contributed by atoms with E-state index in [4.69, 9.17) is 22.3 Å². The van der Waals surface area contributed by atoms with Gasteiger partial charge < -0.3 is 0 Å². The number of rotatable bonds is 2. The third-order valence-corrected chi connectivity index (χ3v) is 4.46. The summed E-state index contributed by atoms with van der Waals surface area (Å²) in [6.07, 6.45) is -1.98. The maximum atomic E-state index is 12.3. The fourth-order valence-electron chi connectivity index (χ4n) is 0.838. The number of nitrogens with zero attached hydrogens (tertiary/aromatic N) is 1. The van der Waals surface area contributed by atoms with Crippen LogP contribution >= 0.6 is 44.9 Å². The molecule has 0 aliphatic rings. The van der Waals surface area contributed by atoms with Gasteiger partial charge in [-0.15, -0.1) is 0 Å². The fourth-order valence-corrected chi connectivity index (χ4v) is 4.41. The molecule has 1 aromatic heterocycles. The number of aromatic nitrogens is 1. The number of hydrogen-bond donors (Lipinski definition) is 0. The van der Waals surface area contributed by atoms with E-state index >= 15 is 0 Å². The first-order chi connectivity index (χ1) is 6.75. The second kappa shape index (κ2) is 4.64. The Morgan fingerprint density at radius 3 is 2.40 bits per heavy atom. The molecule has 0 N–H and O–H groups in total. The third kappa shape index (κ3) is 2.89. The minimum Gasteiger partial charge on any atom is -0.253 e. The smallest absolute Gasteiger partial charge is 0.253 e. The van der Waals surface area contributed by atoms with Crippen molar-refractivity contribution in [2.75, 3.05) is 0 Å². The zero-order valence-corrected chi connectivity index (χ0v) is 11.2. The molecule has 84 valence electrons. The Labute approximate surface area is 107 Å². The van der Waals surface area contributed by atoms with Crippen molar-refractivity contribution in [3.63, 3.8) is 0 Å². The van der Waals surface area contributed by atoms with Crippen LogP contribution in [0.2, 0.25) is 5.02 Å². The van der Waals surface area contributed by atoms with E-state index in [0.29, 0.717) is 0 Å². The van der Waals surface area contributed by atoms with Crippen molar-refractivity contribution in [3.05, 3.63) is 20.5 Å². The second-order valence-electron chi connectivity index (χ2n) is 2.37. The van der Waals surface area contributed by atoms with E-state index < -0.39 is 31.1 Å². The van der Waals surface area contributed by atoms with Gasteiger partial charge in [-0.25, -0.2) is 17.2 Å². The molecular formula is C6H2Cl2F2INO2S. The lowest BCUT2D eigenvalue weighted by Crippen LogP contribution is -2.02. The van der Waals surface area contributed by atoms with E-state index in [1.54, 1.807) is 22.6 Å². The molecule has 15 heavy (non-hydrogen) atoms. The molecule has 0 bridgehead atoms. The normalized spacial score (nSPS) is 12.1. The Hall–Kier alpha value is 0.270. The van der Waals surface area contributed by atoms with Gasteiger partial charge in [0.25, 0.3) is 15.5 Å². The van der Waals surface area contributed by atoms with Crippen molar-refractivity contribution in [2.24, 2.45) is 0 Å². The first-order valence-electron chi connectivity index (χ1n) is 3.32. The van der Waals surface area contributed by atoms with E-state index in [1.165, 1.54) is 0 Å². The molecule has 0 amide bonds. The van der Waals surface area contributed by atoms with E-state index in [2.05, 4.69) is 4.98 Å². The molecule has 0 aromatic carbocycles. The maximum absolute atomic E-state index is 12.3. The highest BCUT2D eigenvalue weighted by Crippen LogP contribution is 2.34. The van der Waals surface area contributed by atoms with Crippen LogP contribution in [0.15, 0.2) is 11.1 Å². The Balaban J connectivity index is 3.59. The minimum absolute atomic E-state index is 0.0944. The summed E-state index contributed by atoms with van der Waals surface area (Å²) >= 11 is 7.08. The molecular weight excluding hydrogens is 386 g/mol. The first kappa shape index (κ1) is 13.3. The summed E-state index contributed by atoms with van der Waals surface area (Å²) in [5, 5.41) is -0.632. The molecule has 0 fully saturated rings. The molecule has 0 unspecified atom stereocenters. The number of halogens is 5. The standard InChI is InChI=1S/C6H2Cl2F2INO2S/c7-3-4(6(9)10)12-1-2(11)5(3)15(8,13)14/h1,6H. The SMILES string of the molecule is O=S(=O)(Cl)c1c(I)cnc(C(F)F)c1Cl. The summed E-state index contributed by atoms with van der Waals surface area (Å²) in [7, 11) is 0.895. The fraction of sp³-hybridized carbons (Fsp3) is 0.167. The monoisotopic (exact) mass is 387 g/mol. The van der Waals surface area contributed by atoms with Crippen molar-refractivity contribution in [3.8, 4) is 0 Å². The van der Waals surface area contributed by atoms with Gasteiger partial charge in [0.05, 0.1) is 8.59 Å². The van der Waals surface area contributed by atoms with Crippen molar-refractivity contribution < 1.29 is 17.2 Å². The van der Waals surface area contributed by atoms with Crippen LogP contribution in [-0.2, 0) is 9.05 Å². The molecule has 0 aliphatic heterocycles.